The third-order valence-electron chi connectivity index (χ3n) is 3.75. The molecule has 0 bridgehead atoms. The van der Waals surface area contributed by atoms with Gasteiger partial charge in [0.05, 0.1) is 0 Å². The Kier molecular flexibility index (Phi) is 8.28. The standard InChI is InChI=1S/C17H31N3/c1-5-9-16-10-15(12-18-8-4)11-17(20-16)19-13-14(6-2)7-3/h10-11,14,18H,5-9,12-13H2,1-4H3,(H,19,20). The van der Waals surface area contributed by atoms with Crippen molar-refractivity contribution in [3.63, 3.8) is 0 Å². The number of hydrogen-bond acceptors (Lipinski definition) is 3. The van der Waals surface area contributed by atoms with E-state index in [9.17, 15) is 0 Å². The van der Waals surface area contributed by atoms with Crippen molar-refractivity contribution < 1.29 is 0 Å². The molecule has 0 aliphatic carbocycles. The molecule has 0 unspecified atom stereocenters. The molecule has 0 aromatic carbocycles. The minimum atomic E-state index is 0.740. The summed E-state index contributed by atoms with van der Waals surface area (Å²) in [7, 11) is 0. The quantitative estimate of drug-likeness (QED) is 0.679. The Morgan fingerprint density at radius 1 is 1.10 bits per heavy atom. The molecule has 0 saturated carbocycles. The molecule has 0 aliphatic rings. The van der Waals surface area contributed by atoms with Crippen molar-refractivity contribution in [1.82, 2.24) is 10.3 Å². The minimum absolute atomic E-state index is 0.740. The van der Waals surface area contributed by atoms with Gasteiger partial charge < -0.3 is 10.6 Å². The van der Waals surface area contributed by atoms with E-state index in [2.05, 4.69) is 50.5 Å². The van der Waals surface area contributed by atoms with Crippen LogP contribution >= 0.6 is 0 Å². The zero-order valence-electron chi connectivity index (χ0n) is 13.6. The molecule has 0 spiro atoms. The number of hydrogen-bond donors (Lipinski definition) is 2. The van der Waals surface area contributed by atoms with Gasteiger partial charge in [0.15, 0.2) is 0 Å². The number of pyridine rings is 1. The molecule has 1 heterocycles. The smallest absolute Gasteiger partial charge is 0.126 e. The Hall–Kier alpha value is -1.09. The highest BCUT2D eigenvalue weighted by Gasteiger charge is 2.06. The van der Waals surface area contributed by atoms with Crippen LogP contribution in [0.3, 0.4) is 0 Å². The van der Waals surface area contributed by atoms with Gasteiger partial charge in [0.1, 0.15) is 5.82 Å². The Morgan fingerprint density at radius 3 is 2.45 bits per heavy atom. The van der Waals surface area contributed by atoms with E-state index in [-0.39, 0.29) is 0 Å². The highest BCUT2D eigenvalue weighted by molar-refractivity contribution is 5.40. The second-order valence-corrected chi connectivity index (χ2v) is 5.45. The fourth-order valence-electron chi connectivity index (χ4n) is 2.32. The molecule has 1 aromatic rings. The van der Waals surface area contributed by atoms with Gasteiger partial charge in [0.25, 0.3) is 0 Å². The summed E-state index contributed by atoms with van der Waals surface area (Å²) in [5, 5.41) is 6.92. The molecule has 1 aromatic heterocycles. The van der Waals surface area contributed by atoms with Crippen molar-refractivity contribution in [1.29, 1.82) is 0 Å². The van der Waals surface area contributed by atoms with Gasteiger partial charge in [0, 0.05) is 18.8 Å². The number of nitrogens with zero attached hydrogens (tertiary/aromatic N) is 1. The van der Waals surface area contributed by atoms with Gasteiger partial charge >= 0.3 is 0 Å². The molecule has 3 heteroatoms. The van der Waals surface area contributed by atoms with Crippen LogP contribution in [-0.4, -0.2) is 18.1 Å². The van der Waals surface area contributed by atoms with Crippen molar-refractivity contribution in [2.24, 2.45) is 5.92 Å². The van der Waals surface area contributed by atoms with Gasteiger partial charge in [-0.05, 0) is 36.6 Å². The van der Waals surface area contributed by atoms with E-state index in [4.69, 9.17) is 4.98 Å². The van der Waals surface area contributed by atoms with E-state index >= 15 is 0 Å². The molecule has 0 amide bonds. The first-order valence-electron chi connectivity index (χ1n) is 8.17. The lowest BCUT2D eigenvalue weighted by atomic mass is 10.0. The van der Waals surface area contributed by atoms with Crippen LogP contribution < -0.4 is 10.6 Å². The molecule has 114 valence electrons. The number of anilines is 1. The van der Waals surface area contributed by atoms with Crippen LogP contribution in [0.5, 0.6) is 0 Å². The maximum atomic E-state index is 4.73. The van der Waals surface area contributed by atoms with E-state index in [1.165, 1.54) is 24.1 Å². The zero-order valence-corrected chi connectivity index (χ0v) is 13.6. The van der Waals surface area contributed by atoms with Crippen LogP contribution in [0.2, 0.25) is 0 Å². The van der Waals surface area contributed by atoms with Crippen LogP contribution in [0, 0.1) is 5.92 Å². The zero-order chi connectivity index (χ0) is 14.8. The van der Waals surface area contributed by atoms with Gasteiger partial charge in [-0.1, -0.05) is 47.0 Å². The predicted molar refractivity (Wildman–Crippen MR) is 88.2 cm³/mol. The summed E-state index contributed by atoms with van der Waals surface area (Å²) in [5.74, 6) is 1.78. The summed E-state index contributed by atoms with van der Waals surface area (Å²) in [6, 6.07) is 4.42. The number of rotatable bonds is 10. The molecule has 2 N–H and O–H groups in total. The van der Waals surface area contributed by atoms with Crippen LogP contribution in [0.25, 0.3) is 0 Å². The molecule has 0 fully saturated rings. The molecule has 0 atom stereocenters. The molecular weight excluding hydrogens is 246 g/mol. The first-order valence-corrected chi connectivity index (χ1v) is 8.17. The van der Waals surface area contributed by atoms with Gasteiger partial charge in [-0.3, -0.25) is 0 Å². The maximum absolute atomic E-state index is 4.73. The molecule has 0 radical (unpaired) electrons. The van der Waals surface area contributed by atoms with Crippen molar-refractivity contribution in [3.05, 3.63) is 23.4 Å². The fraction of sp³-hybridized carbons (Fsp3) is 0.706. The summed E-state index contributed by atoms with van der Waals surface area (Å²) in [5.41, 5.74) is 2.53. The fourth-order valence-corrected chi connectivity index (χ4v) is 2.32. The Labute approximate surface area is 124 Å². The van der Waals surface area contributed by atoms with Crippen LogP contribution in [-0.2, 0) is 13.0 Å². The summed E-state index contributed by atoms with van der Waals surface area (Å²) in [6.07, 6.45) is 4.65. The highest BCUT2D eigenvalue weighted by atomic mass is 15.0. The van der Waals surface area contributed by atoms with Crippen LogP contribution in [0.15, 0.2) is 12.1 Å². The largest absolute Gasteiger partial charge is 0.370 e. The SMILES string of the molecule is CCCc1cc(CNCC)cc(NCC(CC)CC)n1. The van der Waals surface area contributed by atoms with E-state index in [0.29, 0.717) is 0 Å². The number of aromatic nitrogens is 1. The molecule has 3 nitrogen and oxygen atoms in total. The number of aryl methyl sites for hydroxylation is 1. The Morgan fingerprint density at radius 2 is 1.85 bits per heavy atom. The normalized spacial score (nSPS) is 11.1. The van der Waals surface area contributed by atoms with Crippen molar-refractivity contribution >= 4 is 5.82 Å². The Bertz CT molecular complexity index is 372. The summed E-state index contributed by atoms with van der Waals surface area (Å²) >= 11 is 0. The summed E-state index contributed by atoms with van der Waals surface area (Å²) < 4.78 is 0. The second-order valence-electron chi connectivity index (χ2n) is 5.45. The highest BCUT2D eigenvalue weighted by Crippen LogP contribution is 2.14. The molecular formula is C17H31N3. The average molecular weight is 277 g/mol. The first kappa shape index (κ1) is 17.0. The molecule has 20 heavy (non-hydrogen) atoms. The van der Waals surface area contributed by atoms with Gasteiger partial charge in [-0.25, -0.2) is 4.98 Å². The van der Waals surface area contributed by atoms with Crippen molar-refractivity contribution in [2.45, 2.75) is 59.9 Å². The number of nitrogens with one attached hydrogen (secondary N) is 2. The maximum Gasteiger partial charge on any atom is 0.126 e. The van der Waals surface area contributed by atoms with Gasteiger partial charge in [0.2, 0.25) is 0 Å². The molecule has 0 aliphatic heterocycles. The predicted octanol–water partition coefficient (Wildman–Crippen LogP) is 3.99. The Balaban J connectivity index is 2.74. The summed E-state index contributed by atoms with van der Waals surface area (Å²) in [4.78, 5) is 4.73. The molecule has 0 saturated heterocycles. The lowest BCUT2D eigenvalue weighted by Crippen LogP contribution is -2.16. The first-order chi connectivity index (χ1) is 9.73. The minimum Gasteiger partial charge on any atom is -0.370 e. The van der Waals surface area contributed by atoms with Crippen molar-refractivity contribution in [3.8, 4) is 0 Å². The lowest BCUT2D eigenvalue weighted by Gasteiger charge is -2.15. The van der Waals surface area contributed by atoms with E-state index in [1.807, 2.05) is 0 Å². The third-order valence-corrected chi connectivity index (χ3v) is 3.75. The van der Waals surface area contributed by atoms with Gasteiger partial charge in [-0.15, -0.1) is 0 Å². The van der Waals surface area contributed by atoms with Gasteiger partial charge in [-0.2, -0.15) is 0 Å². The van der Waals surface area contributed by atoms with E-state index in [0.717, 1.165) is 44.2 Å². The van der Waals surface area contributed by atoms with E-state index in [1.54, 1.807) is 0 Å². The molecule has 1 rings (SSSR count). The van der Waals surface area contributed by atoms with Crippen molar-refractivity contribution in [2.75, 3.05) is 18.4 Å². The average Bonchev–Trinajstić information content (AvgIpc) is 2.46. The van der Waals surface area contributed by atoms with Crippen LogP contribution in [0.4, 0.5) is 5.82 Å². The third kappa shape index (κ3) is 5.91. The monoisotopic (exact) mass is 277 g/mol. The topological polar surface area (TPSA) is 37.0 Å². The van der Waals surface area contributed by atoms with Crippen LogP contribution in [0.1, 0.15) is 58.2 Å². The second kappa shape index (κ2) is 9.76. The summed E-state index contributed by atoms with van der Waals surface area (Å²) in [6.45, 7) is 11.8. The van der Waals surface area contributed by atoms with E-state index < -0.39 is 0 Å². The lowest BCUT2D eigenvalue weighted by molar-refractivity contribution is 0.518.